The maximum atomic E-state index is 13.1. The summed E-state index contributed by atoms with van der Waals surface area (Å²) in [5.74, 6) is 0.556. The van der Waals surface area contributed by atoms with Gasteiger partial charge in [-0.15, -0.1) is 0 Å². The minimum Gasteiger partial charge on any atom is -0.376 e. The fraction of sp³-hybridized carbons (Fsp3) is 0.577. The molecule has 34 heavy (non-hydrogen) atoms. The second kappa shape index (κ2) is 10.3. The van der Waals surface area contributed by atoms with Gasteiger partial charge in [-0.25, -0.2) is 0 Å². The molecular formula is C26H37N3O4S. The molecule has 0 saturated heterocycles. The molecule has 2 heterocycles. The van der Waals surface area contributed by atoms with E-state index in [1.54, 1.807) is 11.5 Å². The number of nitrogens with zero attached hydrogens (tertiary/aromatic N) is 2. The summed E-state index contributed by atoms with van der Waals surface area (Å²) in [6.07, 6.45) is 5.48. The zero-order valence-corrected chi connectivity index (χ0v) is 21.5. The predicted molar refractivity (Wildman–Crippen MR) is 134 cm³/mol. The maximum absolute atomic E-state index is 13.1. The van der Waals surface area contributed by atoms with Gasteiger partial charge >= 0.3 is 0 Å². The molecule has 1 aromatic carbocycles. The van der Waals surface area contributed by atoms with Crippen LogP contribution in [0.2, 0.25) is 0 Å². The average molecular weight is 488 g/mol. The lowest BCUT2D eigenvalue weighted by atomic mass is 9.82. The molecule has 4 rings (SSSR count). The summed E-state index contributed by atoms with van der Waals surface area (Å²) < 4.78 is 37.3. The molecule has 1 saturated carbocycles. The van der Waals surface area contributed by atoms with Crippen LogP contribution in [0.4, 0.5) is 0 Å². The second-order valence-corrected chi connectivity index (χ2v) is 11.9. The van der Waals surface area contributed by atoms with Crippen LogP contribution in [0, 0.1) is 13.8 Å². The van der Waals surface area contributed by atoms with E-state index in [-0.39, 0.29) is 17.7 Å². The van der Waals surface area contributed by atoms with Crippen LogP contribution in [0.15, 0.2) is 41.2 Å². The third kappa shape index (κ3) is 5.46. The van der Waals surface area contributed by atoms with Gasteiger partial charge in [0.15, 0.2) is 0 Å². The fourth-order valence-corrected chi connectivity index (χ4v) is 6.15. The zero-order chi connectivity index (χ0) is 24.5. The summed E-state index contributed by atoms with van der Waals surface area (Å²) in [6.45, 7) is 4.25. The second-order valence-electron chi connectivity index (χ2n) is 10.0. The van der Waals surface area contributed by atoms with Gasteiger partial charge in [0, 0.05) is 31.4 Å². The number of fused-ring (bicyclic) bond motifs is 1. The number of nitrogens with one attached hydrogen (secondary N) is 1. The number of aromatic nitrogens is 1. The van der Waals surface area contributed by atoms with Crippen LogP contribution in [0.3, 0.4) is 0 Å². The normalized spacial score (nSPS) is 25.3. The van der Waals surface area contributed by atoms with Gasteiger partial charge in [0.05, 0.1) is 18.8 Å². The summed E-state index contributed by atoms with van der Waals surface area (Å²) >= 11 is 0. The lowest BCUT2D eigenvalue weighted by Gasteiger charge is -2.37. The minimum atomic E-state index is -3.63. The third-order valence-electron chi connectivity index (χ3n) is 7.37. The first-order valence-electron chi connectivity index (χ1n) is 12.2. The highest BCUT2D eigenvalue weighted by atomic mass is 32.2. The van der Waals surface area contributed by atoms with Gasteiger partial charge in [0.25, 0.3) is 15.8 Å². The summed E-state index contributed by atoms with van der Waals surface area (Å²) in [4.78, 5) is 13.1. The Kier molecular flexibility index (Phi) is 7.62. The van der Waals surface area contributed by atoms with Gasteiger partial charge < -0.3 is 9.30 Å². The third-order valence-corrected chi connectivity index (χ3v) is 8.93. The Balaban J connectivity index is 1.48. The quantitative estimate of drug-likeness (QED) is 0.649. The molecule has 0 unspecified atom stereocenters. The Morgan fingerprint density at radius 2 is 1.79 bits per heavy atom. The Morgan fingerprint density at radius 1 is 1.06 bits per heavy atom. The van der Waals surface area contributed by atoms with Crippen molar-refractivity contribution in [3.63, 3.8) is 0 Å². The van der Waals surface area contributed by atoms with Gasteiger partial charge in [0.2, 0.25) is 0 Å². The van der Waals surface area contributed by atoms with Gasteiger partial charge in [-0.1, -0.05) is 35.9 Å². The zero-order valence-electron chi connectivity index (χ0n) is 20.7. The Bertz CT molecular complexity index is 1170. The average Bonchev–Trinajstić information content (AvgIpc) is 2.81. The van der Waals surface area contributed by atoms with Gasteiger partial charge in [0.1, 0.15) is 0 Å². The van der Waals surface area contributed by atoms with Crippen LogP contribution in [-0.2, 0) is 21.4 Å². The van der Waals surface area contributed by atoms with Gasteiger partial charge in [-0.05, 0) is 69.9 Å². The summed E-state index contributed by atoms with van der Waals surface area (Å²) in [7, 11) is -0.613. The van der Waals surface area contributed by atoms with Crippen LogP contribution in [-0.4, -0.2) is 50.1 Å². The topological polar surface area (TPSA) is 80.6 Å². The Hall–Kier alpha value is -2.00. The number of pyridine rings is 1. The predicted octanol–water partition coefficient (Wildman–Crippen LogP) is 3.46. The van der Waals surface area contributed by atoms with Crippen LogP contribution in [0.5, 0.6) is 0 Å². The van der Waals surface area contributed by atoms with Crippen molar-refractivity contribution in [1.29, 1.82) is 0 Å². The lowest BCUT2D eigenvalue weighted by Crippen LogP contribution is -2.52. The van der Waals surface area contributed by atoms with Crippen molar-refractivity contribution in [3.05, 3.63) is 69.1 Å². The number of hydrogen-bond donors (Lipinski definition) is 1. The van der Waals surface area contributed by atoms with Crippen LogP contribution >= 0.6 is 0 Å². The number of rotatable bonds is 7. The molecule has 0 radical (unpaired) electrons. The van der Waals surface area contributed by atoms with Crippen molar-refractivity contribution in [2.45, 2.75) is 76.5 Å². The van der Waals surface area contributed by atoms with E-state index < -0.39 is 16.3 Å². The van der Waals surface area contributed by atoms with Crippen LogP contribution < -0.4 is 10.3 Å². The van der Waals surface area contributed by atoms with Crippen LogP contribution in [0.1, 0.15) is 66.4 Å². The molecule has 0 bridgehead atoms. The van der Waals surface area contributed by atoms with Crippen molar-refractivity contribution in [1.82, 2.24) is 13.6 Å². The molecule has 7 nitrogen and oxygen atoms in total. The first kappa shape index (κ1) is 25.1. The van der Waals surface area contributed by atoms with E-state index in [1.807, 2.05) is 12.1 Å². The smallest absolute Gasteiger partial charge is 0.279 e. The molecule has 2 atom stereocenters. The SMILES string of the molecule is Cc1cccc(C2CCC(OC[C@H]3[C@@H](NS(=O)(=O)N(C)C)CCc4ccc(C)c(=O)n43)CC2)c1. The molecule has 8 heteroatoms. The van der Waals surface area contributed by atoms with E-state index in [2.05, 4.69) is 35.9 Å². The number of ether oxygens (including phenoxy) is 1. The van der Waals surface area contributed by atoms with E-state index >= 15 is 0 Å². The minimum absolute atomic E-state index is 0.0667. The number of benzene rings is 1. The maximum Gasteiger partial charge on any atom is 0.279 e. The molecule has 1 N–H and O–H groups in total. The summed E-state index contributed by atoms with van der Waals surface area (Å²) in [5.41, 5.74) is 4.22. The Morgan fingerprint density at radius 3 is 2.47 bits per heavy atom. The lowest BCUT2D eigenvalue weighted by molar-refractivity contribution is -0.00177. The molecular weight excluding hydrogens is 450 g/mol. The highest BCUT2D eigenvalue weighted by Gasteiger charge is 2.35. The summed E-state index contributed by atoms with van der Waals surface area (Å²) in [6, 6.07) is 11.8. The van der Waals surface area contributed by atoms with Gasteiger partial charge in [-0.3, -0.25) is 4.79 Å². The number of aryl methyl sites for hydroxylation is 3. The van der Waals surface area contributed by atoms with E-state index in [4.69, 9.17) is 4.74 Å². The van der Waals surface area contributed by atoms with Crippen molar-refractivity contribution in [3.8, 4) is 0 Å². The van der Waals surface area contributed by atoms with E-state index in [9.17, 15) is 13.2 Å². The van der Waals surface area contributed by atoms with Crippen molar-refractivity contribution >= 4 is 10.2 Å². The molecule has 0 spiro atoms. The summed E-state index contributed by atoms with van der Waals surface area (Å²) in [5, 5.41) is 0. The monoisotopic (exact) mass is 487 g/mol. The molecule has 2 aliphatic rings. The van der Waals surface area contributed by atoms with Crippen molar-refractivity contribution < 1.29 is 13.2 Å². The fourth-order valence-electron chi connectivity index (χ4n) is 5.28. The van der Waals surface area contributed by atoms with E-state index in [1.165, 1.54) is 29.5 Å². The first-order chi connectivity index (χ1) is 16.2. The van der Waals surface area contributed by atoms with E-state index in [0.29, 0.717) is 30.9 Å². The molecule has 186 valence electrons. The molecule has 1 aliphatic carbocycles. The molecule has 0 amide bonds. The highest BCUT2D eigenvalue weighted by Crippen LogP contribution is 2.35. The molecule has 2 aromatic rings. The van der Waals surface area contributed by atoms with E-state index in [0.717, 1.165) is 31.4 Å². The first-order valence-corrected chi connectivity index (χ1v) is 13.7. The Labute approximate surface area is 203 Å². The highest BCUT2D eigenvalue weighted by molar-refractivity contribution is 7.87. The van der Waals surface area contributed by atoms with Gasteiger partial charge in [-0.2, -0.15) is 17.4 Å². The largest absolute Gasteiger partial charge is 0.376 e. The molecule has 1 fully saturated rings. The van der Waals surface area contributed by atoms with Crippen molar-refractivity contribution in [2.75, 3.05) is 20.7 Å². The molecule has 1 aliphatic heterocycles. The molecule has 1 aromatic heterocycles. The standard InChI is InChI=1S/C26H37N3O4S/c1-18-6-5-7-21(16-18)20-9-13-23(14-10-20)33-17-25-24(27-34(31,32)28(3)4)15-12-22-11-8-19(2)26(30)29(22)25/h5-8,11,16,20,23-25,27H,9-10,12-15,17H2,1-4H3/t20?,23?,24-,25-/m0/s1. The van der Waals surface area contributed by atoms with Crippen molar-refractivity contribution in [2.24, 2.45) is 0 Å². The van der Waals surface area contributed by atoms with Crippen LogP contribution in [0.25, 0.3) is 0 Å². The number of hydrogen-bond acceptors (Lipinski definition) is 4.